The molecule has 2 aromatic carbocycles. The highest BCUT2D eigenvalue weighted by Gasteiger charge is 2.45. The quantitative estimate of drug-likeness (QED) is 0.403. The number of hydrogen-bond donors (Lipinski definition) is 3. The lowest BCUT2D eigenvalue weighted by atomic mass is 9.95. The number of aliphatic hydroxyl groups excluding tert-OH is 2. The summed E-state index contributed by atoms with van der Waals surface area (Å²) < 4.78 is 0.805. The first kappa shape index (κ1) is 18.2. The molecule has 1 heterocycles. The third-order valence-electron chi connectivity index (χ3n) is 4.18. The van der Waals surface area contributed by atoms with E-state index in [0.29, 0.717) is 11.1 Å². The van der Waals surface area contributed by atoms with Crippen molar-refractivity contribution in [3.05, 3.63) is 69.7 Å². The third-order valence-corrected chi connectivity index (χ3v) is 4.71. The van der Waals surface area contributed by atoms with Gasteiger partial charge in [0.15, 0.2) is 0 Å². The van der Waals surface area contributed by atoms with Gasteiger partial charge in [-0.3, -0.25) is 9.59 Å². The summed E-state index contributed by atoms with van der Waals surface area (Å²) in [5.74, 6) is -1.95. The zero-order valence-corrected chi connectivity index (χ0v) is 15.2. The Balaban J connectivity index is 2.19. The third kappa shape index (κ3) is 3.23. The Morgan fingerprint density at radius 3 is 2.42 bits per heavy atom. The van der Waals surface area contributed by atoms with Gasteiger partial charge in [-0.05, 0) is 29.8 Å². The maximum absolute atomic E-state index is 12.6. The van der Waals surface area contributed by atoms with Crippen LogP contribution in [-0.4, -0.2) is 45.1 Å². The van der Waals surface area contributed by atoms with Crippen LogP contribution in [0.4, 0.5) is 0 Å². The van der Waals surface area contributed by atoms with Crippen LogP contribution < -0.4 is 0 Å². The minimum Gasteiger partial charge on any atom is -0.508 e. The highest BCUT2D eigenvalue weighted by atomic mass is 79.9. The number of benzene rings is 2. The summed E-state index contributed by atoms with van der Waals surface area (Å²) in [5.41, 5.74) is 0.785. The number of aliphatic hydroxyl groups is 2. The maximum atomic E-state index is 12.6. The lowest BCUT2D eigenvalue weighted by Gasteiger charge is -2.24. The van der Waals surface area contributed by atoms with Crippen LogP contribution in [0.25, 0.3) is 5.76 Å². The predicted molar refractivity (Wildman–Crippen MR) is 98.3 cm³/mol. The summed E-state index contributed by atoms with van der Waals surface area (Å²) in [5, 5.41) is 29.8. The molecule has 1 unspecified atom stereocenters. The lowest BCUT2D eigenvalue weighted by Crippen LogP contribution is -2.32. The number of phenols is 1. The molecule has 3 rings (SSSR count). The van der Waals surface area contributed by atoms with Crippen LogP contribution in [0.15, 0.2) is 58.6 Å². The number of nitrogens with zero attached hydrogens (tertiary/aromatic N) is 1. The van der Waals surface area contributed by atoms with Crippen LogP contribution in [-0.2, 0) is 9.59 Å². The number of carbonyl (C=O) groups is 2. The monoisotopic (exact) mass is 417 g/mol. The Kier molecular flexibility index (Phi) is 5.11. The zero-order chi connectivity index (χ0) is 18.8. The van der Waals surface area contributed by atoms with E-state index in [1.54, 1.807) is 36.4 Å². The largest absolute Gasteiger partial charge is 0.508 e. The molecule has 0 aromatic heterocycles. The molecule has 0 aliphatic carbocycles. The second kappa shape index (κ2) is 7.31. The molecule has 0 spiro atoms. The van der Waals surface area contributed by atoms with Crippen LogP contribution in [0.5, 0.6) is 5.75 Å². The van der Waals surface area contributed by atoms with Crippen molar-refractivity contribution in [2.24, 2.45) is 0 Å². The second-order valence-electron chi connectivity index (χ2n) is 5.82. The number of β-amino-alcohol motifs (C(OH)–C–C–N with tert-alkyl or cyclic N) is 1. The Hall–Kier alpha value is -2.64. The minimum atomic E-state index is -0.891. The summed E-state index contributed by atoms with van der Waals surface area (Å²) in [7, 11) is 0. The number of rotatable bonds is 4. The first-order valence-corrected chi connectivity index (χ1v) is 8.67. The summed E-state index contributed by atoms with van der Waals surface area (Å²) in [6, 6.07) is 11.9. The summed E-state index contributed by atoms with van der Waals surface area (Å²) in [6.45, 7) is -0.400. The first-order valence-electron chi connectivity index (χ1n) is 7.88. The van der Waals surface area contributed by atoms with Crippen molar-refractivity contribution in [3.8, 4) is 5.75 Å². The maximum Gasteiger partial charge on any atom is 0.295 e. The average Bonchev–Trinajstić information content (AvgIpc) is 2.87. The van der Waals surface area contributed by atoms with Gasteiger partial charge in [-0.2, -0.15) is 0 Å². The van der Waals surface area contributed by atoms with Crippen LogP contribution in [0.1, 0.15) is 17.2 Å². The molecule has 1 atom stereocenters. The highest BCUT2D eigenvalue weighted by Crippen LogP contribution is 2.39. The van der Waals surface area contributed by atoms with Gasteiger partial charge in [0, 0.05) is 16.6 Å². The van der Waals surface area contributed by atoms with Gasteiger partial charge in [-0.1, -0.05) is 40.2 Å². The van der Waals surface area contributed by atoms with Crippen molar-refractivity contribution in [3.63, 3.8) is 0 Å². The van der Waals surface area contributed by atoms with E-state index >= 15 is 0 Å². The molecule has 6 nitrogen and oxygen atoms in total. The van der Waals surface area contributed by atoms with E-state index in [9.17, 15) is 24.9 Å². The molecule has 26 heavy (non-hydrogen) atoms. The van der Waals surface area contributed by atoms with Crippen LogP contribution in [0, 0.1) is 0 Å². The van der Waals surface area contributed by atoms with Gasteiger partial charge in [0.2, 0.25) is 0 Å². The SMILES string of the molecule is O=C1C(=O)N(CCO)C(c2cccc(O)c2)/C1=C(/O)c1ccc(Br)cc1. The summed E-state index contributed by atoms with van der Waals surface area (Å²) >= 11 is 3.30. The number of likely N-dealkylation sites (tertiary alicyclic amines) is 1. The fourth-order valence-electron chi connectivity index (χ4n) is 3.02. The second-order valence-corrected chi connectivity index (χ2v) is 6.73. The molecule has 3 N–H and O–H groups in total. The fraction of sp³-hybridized carbons (Fsp3) is 0.158. The van der Waals surface area contributed by atoms with Crippen molar-refractivity contribution in [2.75, 3.05) is 13.2 Å². The van der Waals surface area contributed by atoms with E-state index in [-0.39, 0.29) is 30.2 Å². The number of Topliss-reactive ketones (excluding diaryl/α,β-unsaturated/α-hetero) is 1. The Morgan fingerprint density at radius 1 is 1.12 bits per heavy atom. The standard InChI is InChI=1S/C19H16BrNO5/c20-13-6-4-11(5-7-13)17(24)15-16(12-2-1-3-14(23)10-12)21(8-9-22)19(26)18(15)25/h1-7,10,16,22-24H,8-9H2/b17-15-. The predicted octanol–water partition coefficient (Wildman–Crippen LogP) is 2.57. The van der Waals surface area contributed by atoms with Crippen LogP contribution in [0.3, 0.4) is 0 Å². The normalized spacial score (nSPS) is 19.2. The van der Waals surface area contributed by atoms with Crippen molar-refractivity contribution in [1.29, 1.82) is 0 Å². The molecule has 134 valence electrons. The average molecular weight is 418 g/mol. The molecule has 1 amide bonds. The van der Waals surface area contributed by atoms with Gasteiger partial charge in [0.25, 0.3) is 11.7 Å². The molecule has 1 aliphatic heterocycles. The topological polar surface area (TPSA) is 98.1 Å². The number of carbonyl (C=O) groups excluding carboxylic acids is 2. The number of phenolic OH excluding ortho intramolecular Hbond substituents is 1. The van der Waals surface area contributed by atoms with Crippen molar-refractivity contribution < 1.29 is 24.9 Å². The van der Waals surface area contributed by atoms with Gasteiger partial charge < -0.3 is 20.2 Å². The number of ketones is 1. The lowest BCUT2D eigenvalue weighted by molar-refractivity contribution is -0.140. The number of aromatic hydroxyl groups is 1. The smallest absolute Gasteiger partial charge is 0.295 e. The van der Waals surface area contributed by atoms with Crippen LogP contribution >= 0.6 is 15.9 Å². The summed E-state index contributed by atoms with van der Waals surface area (Å²) in [4.78, 5) is 26.2. The van der Waals surface area contributed by atoms with Gasteiger partial charge >= 0.3 is 0 Å². The first-order chi connectivity index (χ1) is 12.4. The van der Waals surface area contributed by atoms with E-state index < -0.39 is 17.7 Å². The zero-order valence-electron chi connectivity index (χ0n) is 13.6. The molecule has 1 saturated heterocycles. The molecule has 0 radical (unpaired) electrons. The molecule has 2 aromatic rings. The van der Waals surface area contributed by atoms with Crippen molar-refractivity contribution >= 4 is 33.4 Å². The molecule has 0 bridgehead atoms. The van der Waals surface area contributed by atoms with Gasteiger partial charge in [0.05, 0.1) is 18.2 Å². The van der Waals surface area contributed by atoms with E-state index in [2.05, 4.69) is 15.9 Å². The van der Waals surface area contributed by atoms with Crippen molar-refractivity contribution in [2.45, 2.75) is 6.04 Å². The van der Waals surface area contributed by atoms with E-state index in [1.165, 1.54) is 17.0 Å². The number of amides is 1. The number of halogens is 1. The fourth-order valence-corrected chi connectivity index (χ4v) is 3.29. The Morgan fingerprint density at radius 2 is 1.81 bits per heavy atom. The van der Waals surface area contributed by atoms with Gasteiger partial charge in [-0.15, -0.1) is 0 Å². The van der Waals surface area contributed by atoms with E-state index in [4.69, 9.17) is 0 Å². The van der Waals surface area contributed by atoms with Gasteiger partial charge in [-0.25, -0.2) is 0 Å². The molecule has 1 aliphatic rings. The number of hydrogen-bond acceptors (Lipinski definition) is 5. The Bertz CT molecular complexity index is 891. The molecular weight excluding hydrogens is 402 g/mol. The van der Waals surface area contributed by atoms with E-state index in [1.807, 2.05) is 0 Å². The molecular formula is C19H16BrNO5. The summed E-state index contributed by atoms with van der Waals surface area (Å²) in [6.07, 6.45) is 0. The molecule has 1 fully saturated rings. The molecule has 0 saturated carbocycles. The Labute approximate surface area is 158 Å². The van der Waals surface area contributed by atoms with E-state index in [0.717, 1.165) is 4.47 Å². The van der Waals surface area contributed by atoms with Crippen LogP contribution in [0.2, 0.25) is 0 Å². The minimum absolute atomic E-state index is 0.0271. The highest BCUT2D eigenvalue weighted by molar-refractivity contribution is 9.10. The van der Waals surface area contributed by atoms with Crippen molar-refractivity contribution in [1.82, 2.24) is 4.90 Å². The molecule has 7 heteroatoms. The van der Waals surface area contributed by atoms with Gasteiger partial charge in [0.1, 0.15) is 11.5 Å².